The fraction of sp³-hybridized carbons (Fsp3) is 0.167. The van der Waals surface area contributed by atoms with E-state index in [2.05, 4.69) is 5.32 Å². The largest absolute Gasteiger partial charge is 0.448 e. The van der Waals surface area contributed by atoms with Gasteiger partial charge in [0.1, 0.15) is 0 Å². The standard InChI is InChI=1S/C18H16FNO2/c1-10-7-8-11(2)15(9-10)20-18(21)16-12(3)13-5-4-6-14(19)17(13)22-16/h4-9H,1-3H3,(H,20,21). The second-order valence-corrected chi connectivity index (χ2v) is 5.45. The number of nitrogens with one attached hydrogen (secondary N) is 1. The first-order chi connectivity index (χ1) is 10.5. The maximum absolute atomic E-state index is 13.8. The summed E-state index contributed by atoms with van der Waals surface area (Å²) in [4.78, 5) is 12.5. The van der Waals surface area contributed by atoms with Gasteiger partial charge in [-0.3, -0.25) is 4.79 Å². The molecule has 1 heterocycles. The lowest BCUT2D eigenvalue weighted by Gasteiger charge is -2.08. The van der Waals surface area contributed by atoms with Gasteiger partial charge in [-0.1, -0.05) is 24.3 Å². The van der Waals surface area contributed by atoms with Gasteiger partial charge in [0.15, 0.2) is 17.2 Å². The molecule has 0 saturated carbocycles. The van der Waals surface area contributed by atoms with Crippen molar-refractivity contribution in [3.8, 4) is 0 Å². The van der Waals surface area contributed by atoms with E-state index in [1.54, 1.807) is 19.1 Å². The molecule has 1 N–H and O–H groups in total. The molecule has 0 radical (unpaired) electrons. The van der Waals surface area contributed by atoms with Crippen LogP contribution in [0.5, 0.6) is 0 Å². The van der Waals surface area contributed by atoms with Crippen molar-refractivity contribution in [1.82, 2.24) is 0 Å². The first kappa shape index (κ1) is 14.3. The Hall–Kier alpha value is -2.62. The molecule has 0 spiro atoms. The van der Waals surface area contributed by atoms with Crippen LogP contribution in [0.4, 0.5) is 10.1 Å². The van der Waals surface area contributed by atoms with Crippen molar-refractivity contribution in [2.45, 2.75) is 20.8 Å². The average molecular weight is 297 g/mol. The Bertz CT molecular complexity index is 880. The first-order valence-electron chi connectivity index (χ1n) is 7.03. The lowest BCUT2D eigenvalue weighted by atomic mass is 10.1. The highest BCUT2D eigenvalue weighted by molar-refractivity contribution is 6.06. The molecular weight excluding hydrogens is 281 g/mol. The summed E-state index contributed by atoms with van der Waals surface area (Å²) in [6, 6.07) is 10.5. The van der Waals surface area contributed by atoms with Crippen LogP contribution in [0.15, 0.2) is 40.8 Å². The molecule has 1 amide bonds. The minimum absolute atomic E-state index is 0.117. The van der Waals surface area contributed by atoms with Gasteiger partial charge in [0.25, 0.3) is 5.91 Å². The summed E-state index contributed by atoms with van der Waals surface area (Å²) in [6.07, 6.45) is 0. The van der Waals surface area contributed by atoms with E-state index in [0.717, 1.165) is 16.8 Å². The van der Waals surface area contributed by atoms with Gasteiger partial charge < -0.3 is 9.73 Å². The van der Waals surface area contributed by atoms with Gasteiger partial charge in [0.05, 0.1) is 0 Å². The second kappa shape index (κ2) is 5.30. The van der Waals surface area contributed by atoms with Crippen molar-refractivity contribution in [1.29, 1.82) is 0 Å². The molecule has 0 fully saturated rings. The highest BCUT2D eigenvalue weighted by atomic mass is 19.1. The van der Waals surface area contributed by atoms with Gasteiger partial charge in [-0.25, -0.2) is 4.39 Å². The number of anilines is 1. The Labute approximate surface area is 127 Å². The number of hydrogen-bond acceptors (Lipinski definition) is 2. The van der Waals surface area contributed by atoms with E-state index in [9.17, 15) is 9.18 Å². The molecule has 2 aromatic carbocycles. The third kappa shape index (κ3) is 2.37. The molecule has 0 atom stereocenters. The van der Waals surface area contributed by atoms with Crippen molar-refractivity contribution >= 4 is 22.6 Å². The average Bonchev–Trinajstić information content (AvgIpc) is 2.82. The SMILES string of the molecule is Cc1ccc(C)c(NC(=O)c2oc3c(F)cccc3c2C)c1. The number of rotatable bonds is 2. The Morgan fingerprint density at radius 1 is 1.14 bits per heavy atom. The monoisotopic (exact) mass is 297 g/mol. The molecule has 0 aliphatic heterocycles. The van der Waals surface area contributed by atoms with Crippen molar-refractivity contribution in [2.75, 3.05) is 5.32 Å². The van der Waals surface area contributed by atoms with Gasteiger partial charge in [-0.15, -0.1) is 0 Å². The van der Waals surface area contributed by atoms with E-state index in [1.807, 2.05) is 32.0 Å². The second-order valence-electron chi connectivity index (χ2n) is 5.45. The molecule has 3 rings (SSSR count). The molecule has 0 aliphatic carbocycles. The molecule has 4 heteroatoms. The summed E-state index contributed by atoms with van der Waals surface area (Å²) in [5.74, 6) is -0.700. The smallest absolute Gasteiger partial charge is 0.291 e. The molecular formula is C18H16FNO2. The Kier molecular flexibility index (Phi) is 3.45. The highest BCUT2D eigenvalue weighted by Gasteiger charge is 2.20. The molecule has 3 nitrogen and oxygen atoms in total. The molecule has 0 aliphatic rings. The van der Waals surface area contributed by atoms with Crippen LogP contribution in [0.3, 0.4) is 0 Å². The summed E-state index contributed by atoms with van der Waals surface area (Å²) in [5, 5.41) is 3.45. The number of hydrogen-bond donors (Lipinski definition) is 1. The number of carbonyl (C=O) groups excluding carboxylic acids is 1. The van der Waals surface area contributed by atoms with Crippen LogP contribution in [0.1, 0.15) is 27.2 Å². The van der Waals surface area contributed by atoms with Gasteiger partial charge >= 0.3 is 0 Å². The minimum Gasteiger partial charge on any atom is -0.448 e. The molecule has 22 heavy (non-hydrogen) atoms. The number of fused-ring (bicyclic) bond motifs is 1. The number of benzene rings is 2. The Balaban J connectivity index is 2.01. The summed E-state index contributed by atoms with van der Waals surface area (Å²) in [7, 11) is 0. The van der Waals surface area contributed by atoms with Crippen molar-refractivity contribution in [3.05, 3.63) is 64.7 Å². The lowest BCUT2D eigenvalue weighted by molar-refractivity contribution is 0.0997. The molecule has 0 saturated heterocycles. The predicted octanol–water partition coefficient (Wildman–Crippen LogP) is 4.75. The molecule has 0 unspecified atom stereocenters. The lowest BCUT2D eigenvalue weighted by Crippen LogP contribution is -2.13. The number of furan rings is 1. The third-order valence-corrected chi connectivity index (χ3v) is 3.76. The van der Waals surface area contributed by atoms with E-state index >= 15 is 0 Å². The van der Waals surface area contributed by atoms with E-state index in [-0.39, 0.29) is 17.3 Å². The van der Waals surface area contributed by atoms with Crippen LogP contribution < -0.4 is 5.32 Å². The van der Waals surface area contributed by atoms with Crippen molar-refractivity contribution < 1.29 is 13.6 Å². The minimum atomic E-state index is -0.466. The van der Waals surface area contributed by atoms with Crippen LogP contribution in [0.25, 0.3) is 11.0 Å². The Morgan fingerprint density at radius 2 is 1.91 bits per heavy atom. The zero-order chi connectivity index (χ0) is 15.9. The van der Waals surface area contributed by atoms with Gasteiger partial charge in [-0.2, -0.15) is 0 Å². The van der Waals surface area contributed by atoms with Crippen LogP contribution in [0.2, 0.25) is 0 Å². The summed E-state index contributed by atoms with van der Waals surface area (Å²) in [6.45, 7) is 5.63. The van der Waals surface area contributed by atoms with Gasteiger partial charge in [0, 0.05) is 16.6 Å². The van der Waals surface area contributed by atoms with Gasteiger partial charge in [0.2, 0.25) is 0 Å². The zero-order valence-electron chi connectivity index (χ0n) is 12.7. The topological polar surface area (TPSA) is 42.2 Å². The zero-order valence-corrected chi connectivity index (χ0v) is 12.7. The summed E-state index contributed by atoms with van der Waals surface area (Å²) in [5.41, 5.74) is 3.49. The third-order valence-electron chi connectivity index (χ3n) is 3.76. The van der Waals surface area contributed by atoms with Crippen LogP contribution >= 0.6 is 0 Å². The van der Waals surface area contributed by atoms with E-state index in [4.69, 9.17) is 4.42 Å². The molecule has 112 valence electrons. The maximum atomic E-state index is 13.8. The Morgan fingerprint density at radius 3 is 2.64 bits per heavy atom. The highest BCUT2D eigenvalue weighted by Crippen LogP contribution is 2.28. The number of aryl methyl sites for hydroxylation is 3. The number of halogens is 1. The molecule has 3 aromatic rings. The molecule has 0 bridgehead atoms. The van der Waals surface area contributed by atoms with Crippen molar-refractivity contribution in [3.63, 3.8) is 0 Å². The van der Waals surface area contributed by atoms with E-state index in [1.165, 1.54) is 6.07 Å². The predicted molar refractivity (Wildman–Crippen MR) is 84.8 cm³/mol. The number of carbonyl (C=O) groups is 1. The quantitative estimate of drug-likeness (QED) is 0.741. The summed E-state index contributed by atoms with van der Waals surface area (Å²) >= 11 is 0. The van der Waals surface area contributed by atoms with Gasteiger partial charge in [-0.05, 0) is 44.0 Å². The van der Waals surface area contributed by atoms with Crippen LogP contribution in [-0.4, -0.2) is 5.91 Å². The van der Waals surface area contributed by atoms with Crippen molar-refractivity contribution in [2.24, 2.45) is 0 Å². The summed E-state index contributed by atoms with van der Waals surface area (Å²) < 4.78 is 19.2. The fourth-order valence-electron chi connectivity index (χ4n) is 2.48. The number of para-hydroxylation sites is 1. The van der Waals surface area contributed by atoms with E-state index < -0.39 is 5.82 Å². The van der Waals surface area contributed by atoms with E-state index in [0.29, 0.717) is 10.9 Å². The first-order valence-corrected chi connectivity index (χ1v) is 7.03. The normalized spacial score (nSPS) is 10.9. The van der Waals surface area contributed by atoms with Crippen LogP contribution in [0, 0.1) is 26.6 Å². The maximum Gasteiger partial charge on any atom is 0.291 e. The fourth-order valence-corrected chi connectivity index (χ4v) is 2.48. The number of amides is 1. The van der Waals surface area contributed by atoms with Crippen LogP contribution in [-0.2, 0) is 0 Å². The molecule has 1 aromatic heterocycles.